The number of anilines is 1. The summed E-state index contributed by atoms with van der Waals surface area (Å²) >= 11 is 1.70. The van der Waals surface area contributed by atoms with Crippen LogP contribution < -0.4 is 4.90 Å². The molecule has 4 nitrogen and oxygen atoms in total. The van der Waals surface area contributed by atoms with E-state index in [1.165, 1.54) is 15.8 Å². The molecule has 1 aliphatic rings. The normalized spacial score (nSPS) is 17.4. The van der Waals surface area contributed by atoms with Crippen LogP contribution in [0.25, 0.3) is 0 Å². The van der Waals surface area contributed by atoms with E-state index in [1.54, 1.807) is 29.5 Å². The number of hydrogen-bond donors (Lipinski definition) is 0. The molecule has 0 saturated carbocycles. The number of para-hydroxylation sites is 1. The van der Waals surface area contributed by atoms with Gasteiger partial charge in [-0.2, -0.15) is 5.26 Å². The van der Waals surface area contributed by atoms with E-state index in [-0.39, 0.29) is 37.1 Å². The third kappa shape index (κ3) is 4.06. The van der Waals surface area contributed by atoms with Gasteiger partial charge in [0.25, 0.3) is 0 Å². The van der Waals surface area contributed by atoms with Gasteiger partial charge in [0.1, 0.15) is 5.82 Å². The van der Waals surface area contributed by atoms with Gasteiger partial charge in [0.2, 0.25) is 5.91 Å². The number of nitrogens with zero attached hydrogens (tertiary/aromatic N) is 3. The van der Waals surface area contributed by atoms with Crippen LogP contribution in [-0.2, 0) is 4.79 Å². The standard InChI is InChI=1S/C19H20FN3OS/c20-15-6-1-2-7-16(15)23(12-5-10-21)19(24)14-22-11-3-8-17(22)18-9-4-13-25-18/h1-2,4,6-7,9,13,17H,3,5,8,11-12,14H2/t17-/m0/s1. The fourth-order valence-corrected chi connectivity index (χ4v) is 4.18. The summed E-state index contributed by atoms with van der Waals surface area (Å²) in [6, 6.07) is 12.6. The lowest BCUT2D eigenvalue weighted by molar-refractivity contribution is -0.120. The molecule has 0 N–H and O–H groups in total. The van der Waals surface area contributed by atoms with Gasteiger partial charge < -0.3 is 4.90 Å². The van der Waals surface area contributed by atoms with E-state index in [0.717, 1.165) is 19.4 Å². The molecule has 25 heavy (non-hydrogen) atoms. The summed E-state index contributed by atoms with van der Waals surface area (Å²) in [4.78, 5) is 17.7. The van der Waals surface area contributed by atoms with Crippen molar-refractivity contribution < 1.29 is 9.18 Å². The van der Waals surface area contributed by atoms with Crippen molar-refractivity contribution in [3.8, 4) is 6.07 Å². The van der Waals surface area contributed by atoms with E-state index in [4.69, 9.17) is 5.26 Å². The topological polar surface area (TPSA) is 47.3 Å². The second-order valence-electron chi connectivity index (χ2n) is 6.05. The summed E-state index contributed by atoms with van der Waals surface area (Å²) in [6.07, 6.45) is 2.26. The maximum absolute atomic E-state index is 14.2. The van der Waals surface area contributed by atoms with Crippen molar-refractivity contribution in [2.24, 2.45) is 0 Å². The van der Waals surface area contributed by atoms with Crippen molar-refractivity contribution in [1.82, 2.24) is 4.90 Å². The smallest absolute Gasteiger partial charge is 0.241 e. The van der Waals surface area contributed by atoms with E-state index in [9.17, 15) is 9.18 Å². The summed E-state index contributed by atoms with van der Waals surface area (Å²) in [7, 11) is 0. The lowest BCUT2D eigenvalue weighted by atomic mass is 10.2. The van der Waals surface area contributed by atoms with Gasteiger partial charge in [-0.25, -0.2) is 4.39 Å². The van der Waals surface area contributed by atoms with Gasteiger partial charge in [-0.3, -0.25) is 9.69 Å². The van der Waals surface area contributed by atoms with E-state index < -0.39 is 5.82 Å². The van der Waals surface area contributed by atoms with Gasteiger partial charge in [0.05, 0.1) is 24.7 Å². The number of carbonyl (C=O) groups excluding carboxylic acids is 1. The van der Waals surface area contributed by atoms with Gasteiger partial charge in [-0.1, -0.05) is 18.2 Å². The van der Waals surface area contributed by atoms with Crippen molar-refractivity contribution >= 4 is 22.9 Å². The van der Waals surface area contributed by atoms with Crippen molar-refractivity contribution in [3.05, 3.63) is 52.5 Å². The second-order valence-corrected chi connectivity index (χ2v) is 7.03. The number of hydrogen-bond acceptors (Lipinski definition) is 4. The van der Waals surface area contributed by atoms with Crippen LogP contribution in [0.2, 0.25) is 0 Å². The Bertz CT molecular complexity index is 756. The molecule has 2 aromatic rings. The summed E-state index contributed by atoms with van der Waals surface area (Å²) < 4.78 is 14.2. The molecule has 1 aromatic carbocycles. The molecule has 0 bridgehead atoms. The predicted molar refractivity (Wildman–Crippen MR) is 96.9 cm³/mol. The Morgan fingerprint density at radius 2 is 2.20 bits per heavy atom. The molecule has 0 unspecified atom stereocenters. The van der Waals surface area contributed by atoms with Crippen LogP contribution in [0.3, 0.4) is 0 Å². The largest absolute Gasteiger partial charge is 0.308 e. The Hall–Kier alpha value is -2.23. The van der Waals surface area contributed by atoms with Gasteiger partial charge in [0, 0.05) is 17.5 Å². The number of thiophene rings is 1. The van der Waals surface area contributed by atoms with E-state index in [0.29, 0.717) is 0 Å². The lowest BCUT2D eigenvalue weighted by Gasteiger charge is -2.28. The molecule has 1 atom stereocenters. The molecule has 130 valence electrons. The zero-order chi connectivity index (χ0) is 17.6. The third-order valence-corrected chi connectivity index (χ3v) is 5.44. The summed E-state index contributed by atoms with van der Waals surface area (Å²) in [5, 5.41) is 10.9. The van der Waals surface area contributed by atoms with Gasteiger partial charge in [-0.15, -0.1) is 11.3 Å². The minimum atomic E-state index is -0.440. The van der Waals surface area contributed by atoms with E-state index >= 15 is 0 Å². The first kappa shape index (κ1) is 17.6. The van der Waals surface area contributed by atoms with Crippen LogP contribution in [-0.4, -0.2) is 30.4 Å². The molecule has 1 amide bonds. The number of benzene rings is 1. The van der Waals surface area contributed by atoms with Crippen molar-refractivity contribution in [2.45, 2.75) is 25.3 Å². The Labute approximate surface area is 151 Å². The average Bonchev–Trinajstić information content (AvgIpc) is 3.28. The van der Waals surface area contributed by atoms with Gasteiger partial charge >= 0.3 is 0 Å². The maximum atomic E-state index is 14.2. The summed E-state index contributed by atoms with van der Waals surface area (Å²) in [6.45, 7) is 1.30. The summed E-state index contributed by atoms with van der Waals surface area (Å²) in [5.74, 6) is -0.603. The Kier molecular flexibility index (Phi) is 5.79. The summed E-state index contributed by atoms with van der Waals surface area (Å²) in [5.41, 5.74) is 0.245. The molecule has 1 aliphatic heterocycles. The zero-order valence-corrected chi connectivity index (χ0v) is 14.7. The monoisotopic (exact) mass is 357 g/mol. The number of halogens is 1. The molecule has 0 radical (unpaired) electrons. The molecule has 0 spiro atoms. The van der Waals surface area contributed by atoms with Crippen LogP contribution in [0, 0.1) is 17.1 Å². The molecule has 3 rings (SSSR count). The minimum absolute atomic E-state index is 0.163. The van der Waals surface area contributed by atoms with Crippen LogP contribution in [0.5, 0.6) is 0 Å². The number of likely N-dealkylation sites (tertiary alicyclic amines) is 1. The predicted octanol–water partition coefficient (Wildman–Crippen LogP) is 3.97. The number of nitriles is 1. The molecule has 1 fully saturated rings. The lowest BCUT2D eigenvalue weighted by Crippen LogP contribution is -2.41. The molecule has 1 saturated heterocycles. The number of carbonyl (C=O) groups is 1. The first-order valence-corrected chi connectivity index (χ1v) is 9.28. The number of amides is 1. The highest BCUT2D eigenvalue weighted by atomic mass is 32.1. The van der Waals surface area contributed by atoms with Crippen molar-refractivity contribution in [2.75, 3.05) is 24.5 Å². The van der Waals surface area contributed by atoms with Gasteiger partial charge in [0.15, 0.2) is 0 Å². The Morgan fingerprint density at radius 1 is 1.36 bits per heavy atom. The molecular formula is C19H20FN3OS. The van der Waals surface area contributed by atoms with Crippen LogP contribution in [0.1, 0.15) is 30.2 Å². The molecular weight excluding hydrogens is 337 g/mol. The SMILES string of the molecule is N#CCCN(C(=O)CN1CCC[C@H]1c1cccs1)c1ccccc1F. The Balaban J connectivity index is 1.76. The number of rotatable bonds is 6. The van der Waals surface area contributed by atoms with E-state index in [1.807, 2.05) is 17.5 Å². The molecule has 2 heterocycles. The highest BCUT2D eigenvalue weighted by molar-refractivity contribution is 7.10. The minimum Gasteiger partial charge on any atom is -0.308 e. The fraction of sp³-hybridized carbons (Fsp3) is 0.368. The second kappa shape index (κ2) is 8.24. The first-order valence-electron chi connectivity index (χ1n) is 8.40. The molecule has 6 heteroatoms. The maximum Gasteiger partial charge on any atom is 0.241 e. The average molecular weight is 357 g/mol. The highest BCUT2D eigenvalue weighted by Crippen LogP contribution is 2.34. The molecule has 0 aliphatic carbocycles. The first-order chi connectivity index (χ1) is 12.2. The van der Waals surface area contributed by atoms with E-state index in [2.05, 4.69) is 11.0 Å². The quantitative estimate of drug-likeness (QED) is 0.786. The van der Waals surface area contributed by atoms with Gasteiger partial charge in [-0.05, 0) is 43.0 Å². The molecule has 1 aromatic heterocycles. The highest BCUT2D eigenvalue weighted by Gasteiger charge is 2.30. The van der Waals surface area contributed by atoms with Crippen LogP contribution in [0.4, 0.5) is 10.1 Å². The third-order valence-electron chi connectivity index (χ3n) is 4.47. The van der Waals surface area contributed by atoms with Crippen LogP contribution >= 0.6 is 11.3 Å². The van der Waals surface area contributed by atoms with Crippen molar-refractivity contribution in [3.63, 3.8) is 0 Å². The fourth-order valence-electron chi connectivity index (χ4n) is 3.29. The Morgan fingerprint density at radius 3 is 2.92 bits per heavy atom. The van der Waals surface area contributed by atoms with Crippen molar-refractivity contribution in [1.29, 1.82) is 5.26 Å². The zero-order valence-electron chi connectivity index (χ0n) is 13.9. The van der Waals surface area contributed by atoms with Crippen LogP contribution in [0.15, 0.2) is 41.8 Å².